The maximum Gasteiger partial charge on any atom is 0.223 e. The third-order valence-corrected chi connectivity index (χ3v) is 5.00. The Morgan fingerprint density at radius 2 is 1.92 bits per heavy atom. The molecule has 1 aliphatic heterocycles. The van der Waals surface area contributed by atoms with Crippen LogP contribution in [0.5, 0.6) is 0 Å². The number of imidazole rings is 1. The molecule has 1 aromatic heterocycles. The Labute approximate surface area is 147 Å². The number of nitrogens with one attached hydrogen (secondary N) is 1. The zero-order chi connectivity index (χ0) is 17.1. The van der Waals surface area contributed by atoms with E-state index in [2.05, 4.69) is 39.1 Å². The Morgan fingerprint density at radius 1 is 1.12 bits per heavy atom. The zero-order valence-electron chi connectivity index (χ0n) is 14.3. The number of carbonyl (C=O) groups excluding carboxylic acids is 1. The van der Waals surface area contributed by atoms with Gasteiger partial charge < -0.3 is 9.88 Å². The van der Waals surface area contributed by atoms with Crippen LogP contribution in [-0.2, 0) is 11.2 Å². The van der Waals surface area contributed by atoms with E-state index in [-0.39, 0.29) is 11.9 Å². The van der Waals surface area contributed by atoms with E-state index in [4.69, 9.17) is 0 Å². The van der Waals surface area contributed by atoms with Crippen molar-refractivity contribution in [1.29, 1.82) is 0 Å². The van der Waals surface area contributed by atoms with Crippen LogP contribution >= 0.6 is 0 Å². The minimum atomic E-state index is 0.250. The van der Waals surface area contributed by atoms with Gasteiger partial charge in [-0.2, -0.15) is 0 Å². The highest BCUT2D eigenvalue weighted by molar-refractivity contribution is 5.77. The lowest BCUT2D eigenvalue weighted by Crippen LogP contribution is -2.30. The molecule has 1 atom stereocenters. The molecule has 0 bridgehead atoms. The summed E-state index contributed by atoms with van der Waals surface area (Å²) in [5, 5.41) is 0. The molecule has 1 saturated heterocycles. The van der Waals surface area contributed by atoms with Crippen LogP contribution < -0.4 is 0 Å². The first-order valence-electron chi connectivity index (χ1n) is 9.09. The molecule has 25 heavy (non-hydrogen) atoms. The molecule has 0 unspecified atom stereocenters. The fourth-order valence-electron chi connectivity index (χ4n) is 3.76. The number of nitrogens with zero attached hydrogens (tertiary/aromatic N) is 2. The van der Waals surface area contributed by atoms with Crippen molar-refractivity contribution in [3.05, 3.63) is 66.0 Å². The van der Waals surface area contributed by atoms with E-state index in [1.165, 1.54) is 5.56 Å². The van der Waals surface area contributed by atoms with Crippen molar-refractivity contribution in [2.75, 3.05) is 6.54 Å². The topological polar surface area (TPSA) is 49.0 Å². The average Bonchev–Trinajstić information content (AvgIpc) is 3.29. The third-order valence-electron chi connectivity index (χ3n) is 5.00. The zero-order valence-corrected chi connectivity index (χ0v) is 14.3. The second-order valence-corrected chi connectivity index (χ2v) is 6.71. The number of rotatable bonds is 5. The van der Waals surface area contributed by atoms with Gasteiger partial charge in [-0.15, -0.1) is 0 Å². The smallest absolute Gasteiger partial charge is 0.223 e. The first-order valence-corrected chi connectivity index (χ1v) is 9.09. The van der Waals surface area contributed by atoms with E-state index < -0.39 is 0 Å². The van der Waals surface area contributed by atoms with Crippen LogP contribution in [0.25, 0.3) is 11.0 Å². The number of fused-ring (bicyclic) bond motifs is 1. The van der Waals surface area contributed by atoms with E-state index >= 15 is 0 Å². The molecule has 1 aliphatic rings. The Kier molecular flexibility index (Phi) is 4.51. The number of aromatic amines is 1. The number of aryl methyl sites for hydroxylation is 1. The third kappa shape index (κ3) is 3.43. The number of H-pyrrole nitrogens is 1. The number of amides is 1. The highest BCUT2D eigenvalue weighted by atomic mass is 16.2. The van der Waals surface area contributed by atoms with Crippen molar-refractivity contribution in [2.24, 2.45) is 0 Å². The summed E-state index contributed by atoms with van der Waals surface area (Å²) in [6.45, 7) is 0.878. The molecule has 0 aliphatic carbocycles. The molecule has 0 spiro atoms. The summed E-state index contributed by atoms with van der Waals surface area (Å²) in [6, 6.07) is 18.7. The number of hydrogen-bond acceptors (Lipinski definition) is 2. The molecule has 4 heteroatoms. The molecular weight excluding hydrogens is 310 g/mol. The van der Waals surface area contributed by atoms with E-state index in [1.54, 1.807) is 0 Å². The van der Waals surface area contributed by atoms with Crippen molar-refractivity contribution in [1.82, 2.24) is 14.9 Å². The summed E-state index contributed by atoms with van der Waals surface area (Å²) in [7, 11) is 0. The van der Waals surface area contributed by atoms with Gasteiger partial charge in [-0.1, -0.05) is 42.5 Å². The van der Waals surface area contributed by atoms with Crippen LogP contribution in [0.3, 0.4) is 0 Å². The molecule has 0 radical (unpaired) electrons. The van der Waals surface area contributed by atoms with Gasteiger partial charge in [-0.05, 0) is 37.0 Å². The molecule has 128 valence electrons. The van der Waals surface area contributed by atoms with Gasteiger partial charge in [0.2, 0.25) is 5.91 Å². The van der Waals surface area contributed by atoms with Crippen molar-refractivity contribution in [2.45, 2.75) is 38.1 Å². The van der Waals surface area contributed by atoms with Crippen LogP contribution in [-0.4, -0.2) is 27.3 Å². The summed E-state index contributed by atoms with van der Waals surface area (Å²) >= 11 is 0. The largest absolute Gasteiger partial charge is 0.342 e. The van der Waals surface area contributed by atoms with Gasteiger partial charge >= 0.3 is 0 Å². The van der Waals surface area contributed by atoms with E-state index in [9.17, 15) is 4.79 Å². The highest BCUT2D eigenvalue weighted by Gasteiger charge is 2.29. The fraction of sp³-hybridized carbons (Fsp3) is 0.333. The second kappa shape index (κ2) is 7.09. The fourth-order valence-corrected chi connectivity index (χ4v) is 3.76. The normalized spacial score (nSPS) is 17.3. The molecule has 2 heterocycles. The van der Waals surface area contributed by atoms with Gasteiger partial charge in [-0.3, -0.25) is 4.79 Å². The molecule has 4 nitrogen and oxygen atoms in total. The highest BCUT2D eigenvalue weighted by Crippen LogP contribution is 2.32. The van der Waals surface area contributed by atoms with Crippen molar-refractivity contribution in [3.8, 4) is 0 Å². The number of benzene rings is 2. The monoisotopic (exact) mass is 333 g/mol. The molecule has 2 aromatic carbocycles. The first-order chi connectivity index (χ1) is 12.3. The SMILES string of the molecule is O=C(CCCc1nc2ccccc2[nH]1)N1CCC[C@@H]1c1ccccc1. The van der Waals surface area contributed by atoms with Gasteiger partial charge in [0.15, 0.2) is 0 Å². The van der Waals surface area contributed by atoms with E-state index in [0.717, 1.165) is 49.1 Å². The summed E-state index contributed by atoms with van der Waals surface area (Å²) in [6.07, 6.45) is 4.38. The predicted octanol–water partition coefficient (Wildman–Crippen LogP) is 4.25. The van der Waals surface area contributed by atoms with Crippen molar-refractivity contribution < 1.29 is 4.79 Å². The van der Waals surface area contributed by atoms with Crippen LogP contribution in [0, 0.1) is 0 Å². The van der Waals surface area contributed by atoms with Crippen LogP contribution in [0.2, 0.25) is 0 Å². The lowest BCUT2D eigenvalue weighted by Gasteiger charge is -2.25. The number of aromatic nitrogens is 2. The Bertz CT molecular complexity index is 823. The van der Waals surface area contributed by atoms with Crippen molar-refractivity contribution >= 4 is 16.9 Å². The quantitative estimate of drug-likeness (QED) is 0.759. The Hall–Kier alpha value is -2.62. The van der Waals surface area contributed by atoms with E-state index in [0.29, 0.717) is 6.42 Å². The predicted molar refractivity (Wildman–Crippen MR) is 99.2 cm³/mol. The van der Waals surface area contributed by atoms with Gasteiger partial charge in [0.25, 0.3) is 0 Å². The van der Waals surface area contributed by atoms with E-state index in [1.807, 2.05) is 30.3 Å². The lowest BCUT2D eigenvalue weighted by atomic mass is 10.0. The van der Waals surface area contributed by atoms with Crippen LogP contribution in [0.15, 0.2) is 54.6 Å². The summed E-state index contributed by atoms with van der Waals surface area (Å²) in [4.78, 5) is 22.7. The standard InChI is InChI=1S/C21H23N3O/c25-21(24-15-7-12-19(24)16-8-2-1-3-9-16)14-6-13-20-22-17-10-4-5-11-18(17)23-20/h1-5,8-11,19H,6-7,12-15H2,(H,22,23)/t19-/m1/s1. The van der Waals surface area contributed by atoms with Crippen LogP contribution in [0.4, 0.5) is 0 Å². The minimum absolute atomic E-state index is 0.250. The Balaban J connectivity index is 1.35. The van der Waals surface area contributed by atoms with Crippen LogP contribution in [0.1, 0.15) is 43.1 Å². The number of hydrogen-bond donors (Lipinski definition) is 1. The average molecular weight is 333 g/mol. The first kappa shape index (κ1) is 15.9. The molecular formula is C21H23N3O. The second-order valence-electron chi connectivity index (χ2n) is 6.71. The molecule has 1 fully saturated rings. The number of para-hydroxylation sites is 2. The molecule has 0 saturated carbocycles. The minimum Gasteiger partial charge on any atom is -0.342 e. The lowest BCUT2D eigenvalue weighted by molar-refractivity contribution is -0.132. The number of likely N-dealkylation sites (tertiary alicyclic amines) is 1. The van der Waals surface area contributed by atoms with Gasteiger partial charge in [0, 0.05) is 19.4 Å². The summed E-state index contributed by atoms with van der Waals surface area (Å²) < 4.78 is 0. The molecule has 3 aromatic rings. The van der Waals surface area contributed by atoms with Gasteiger partial charge in [-0.25, -0.2) is 4.98 Å². The van der Waals surface area contributed by atoms with Crippen molar-refractivity contribution in [3.63, 3.8) is 0 Å². The van der Waals surface area contributed by atoms with Gasteiger partial charge in [0.1, 0.15) is 5.82 Å². The molecule has 1 N–H and O–H groups in total. The van der Waals surface area contributed by atoms with Gasteiger partial charge in [0.05, 0.1) is 17.1 Å². The maximum atomic E-state index is 12.7. The molecule has 4 rings (SSSR count). The maximum absolute atomic E-state index is 12.7. The molecule has 1 amide bonds. The Morgan fingerprint density at radius 3 is 2.76 bits per heavy atom. The summed E-state index contributed by atoms with van der Waals surface area (Å²) in [5.74, 6) is 1.23. The summed E-state index contributed by atoms with van der Waals surface area (Å²) in [5.41, 5.74) is 3.31. The number of carbonyl (C=O) groups is 1.